The van der Waals surface area contributed by atoms with Crippen molar-refractivity contribution in [3.8, 4) is 0 Å². The Hall–Kier alpha value is -3.38. The number of rotatable bonds is 3. The Balaban J connectivity index is 1.70. The molecule has 0 atom stereocenters. The number of hydrogen-bond acceptors (Lipinski definition) is 0. The van der Waals surface area contributed by atoms with Crippen LogP contribution >= 0.6 is 0 Å². The van der Waals surface area contributed by atoms with Crippen LogP contribution in [0.1, 0.15) is 16.7 Å². The summed E-state index contributed by atoms with van der Waals surface area (Å²) in [6, 6.07) is 28.4. The Morgan fingerprint density at radius 1 is 0.538 bits per heavy atom. The third-order valence-corrected chi connectivity index (χ3v) is 5.19. The van der Waals surface area contributed by atoms with Gasteiger partial charge in [0.2, 0.25) is 0 Å². The molecule has 0 aliphatic rings. The van der Waals surface area contributed by atoms with E-state index in [4.69, 9.17) is 0 Å². The van der Waals surface area contributed by atoms with E-state index in [1.165, 1.54) is 43.4 Å². The van der Waals surface area contributed by atoms with Gasteiger partial charge in [0.1, 0.15) is 0 Å². The summed E-state index contributed by atoms with van der Waals surface area (Å²) in [5.41, 5.74) is 3.59. The molecule has 0 amide bonds. The molecule has 26 heavy (non-hydrogen) atoms. The quantitative estimate of drug-likeness (QED) is 0.239. The number of benzene rings is 5. The summed E-state index contributed by atoms with van der Waals surface area (Å²) >= 11 is 0. The highest BCUT2D eigenvalue weighted by molar-refractivity contribution is 6.24. The van der Waals surface area contributed by atoms with Gasteiger partial charge in [0.05, 0.1) is 0 Å². The highest BCUT2D eigenvalue weighted by Gasteiger charge is 2.09. The van der Waals surface area contributed by atoms with Crippen molar-refractivity contribution in [1.29, 1.82) is 0 Å². The lowest BCUT2D eigenvalue weighted by Gasteiger charge is -2.12. The fourth-order valence-corrected chi connectivity index (χ4v) is 3.83. The van der Waals surface area contributed by atoms with Crippen molar-refractivity contribution in [3.05, 3.63) is 102 Å². The maximum atomic E-state index is 3.81. The van der Waals surface area contributed by atoms with Gasteiger partial charge in [-0.1, -0.05) is 104 Å². The fraction of sp³-hybridized carbons (Fsp3) is 0. The molecular formula is C26H18. The van der Waals surface area contributed by atoms with E-state index in [2.05, 4.69) is 97.6 Å². The highest BCUT2D eigenvalue weighted by Crippen LogP contribution is 2.36. The molecule has 0 fully saturated rings. The second kappa shape index (κ2) is 5.86. The predicted octanol–water partition coefficient (Wildman–Crippen LogP) is 7.40. The minimum absolute atomic E-state index is 1.14. The van der Waals surface area contributed by atoms with Crippen LogP contribution in [0, 0.1) is 0 Å². The minimum Gasteiger partial charge on any atom is -0.0985 e. The zero-order valence-electron chi connectivity index (χ0n) is 14.4. The first-order chi connectivity index (χ1) is 12.8. The van der Waals surface area contributed by atoms with Crippen LogP contribution in [0.4, 0.5) is 0 Å². The van der Waals surface area contributed by atoms with Crippen LogP contribution in [0.15, 0.2) is 85.4 Å². The zero-order valence-corrected chi connectivity index (χ0v) is 14.4. The summed E-state index contributed by atoms with van der Waals surface area (Å²) in [5, 5.41) is 7.96. The molecule has 0 aromatic heterocycles. The Morgan fingerprint density at radius 2 is 1.15 bits per heavy atom. The number of hydrogen-bond donors (Lipinski definition) is 0. The van der Waals surface area contributed by atoms with Crippen LogP contribution in [0.5, 0.6) is 0 Å². The summed E-state index contributed by atoms with van der Waals surface area (Å²) in [4.78, 5) is 0. The molecule has 0 heterocycles. The molecule has 0 nitrogen and oxygen atoms in total. The molecule has 0 aliphatic carbocycles. The van der Waals surface area contributed by atoms with Gasteiger partial charge in [-0.3, -0.25) is 0 Å². The van der Waals surface area contributed by atoms with Crippen molar-refractivity contribution in [3.63, 3.8) is 0 Å². The molecule has 0 bridgehead atoms. The van der Waals surface area contributed by atoms with Gasteiger partial charge in [-0.05, 0) is 49.0 Å². The van der Waals surface area contributed by atoms with E-state index in [-0.39, 0.29) is 0 Å². The summed E-state index contributed by atoms with van der Waals surface area (Å²) in [5.74, 6) is 0. The van der Waals surface area contributed by atoms with E-state index in [1.807, 2.05) is 6.08 Å². The summed E-state index contributed by atoms with van der Waals surface area (Å²) < 4.78 is 0. The first-order valence-electron chi connectivity index (χ1n) is 8.91. The lowest BCUT2D eigenvalue weighted by molar-refractivity contribution is 1.63. The molecule has 0 N–H and O–H groups in total. The van der Waals surface area contributed by atoms with Crippen molar-refractivity contribution in [2.45, 2.75) is 0 Å². The third kappa shape index (κ3) is 2.31. The summed E-state index contributed by atoms with van der Waals surface area (Å²) in [7, 11) is 0. The molecule has 0 aliphatic heterocycles. The smallest absolute Gasteiger partial charge is 0.00208 e. The van der Waals surface area contributed by atoms with Crippen LogP contribution in [0.25, 0.3) is 50.5 Å². The van der Waals surface area contributed by atoms with Gasteiger partial charge in [0.15, 0.2) is 0 Å². The SMILES string of the molecule is C=Cc1ccc(C=Cc2ccc3ccc4cccc5ccc2c3c45)cc1. The average molecular weight is 330 g/mol. The van der Waals surface area contributed by atoms with E-state index in [1.54, 1.807) is 0 Å². The van der Waals surface area contributed by atoms with Crippen LogP contribution in [0.3, 0.4) is 0 Å². The minimum atomic E-state index is 1.14. The van der Waals surface area contributed by atoms with Gasteiger partial charge in [0.25, 0.3) is 0 Å². The maximum Gasteiger partial charge on any atom is -0.00208 e. The lowest BCUT2D eigenvalue weighted by Crippen LogP contribution is -1.86. The van der Waals surface area contributed by atoms with Gasteiger partial charge in [-0.25, -0.2) is 0 Å². The van der Waals surface area contributed by atoms with E-state index >= 15 is 0 Å². The maximum absolute atomic E-state index is 3.81. The van der Waals surface area contributed by atoms with Crippen molar-refractivity contribution >= 4 is 50.5 Å². The van der Waals surface area contributed by atoms with Gasteiger partial charge < -0.3 is 0 Å². The molecule has 0 radical (unpaired) electrons. The van der Waals surface area contributed by atoms with Gasteiger partial charge in [-0.2, -0.15) is 0 Å². The van der Waals surface area contributed by atoms with E-state index < -0.39 is 0 Å². The Morgan fingerprint density at radius 3 is 1.88 bits per heavy atom. The largest absolute Gasteiger partial charge is 0.0985 e. The van der Waals surface area contributed by atoms with Crippen molar-refractivity contribution in [2.24, 2.45) is 0 Å². The summed E-state index contributed by atoms with van der Waals surface area (Å²) in [6.45, 7) is 3.81. The second-order valence-electron chi connectivity index (χ2n) is 6.71. The van der Waals surface area contributed by atoms with Crippen molar-refractivity contribution in [2.75, 3.05) is 0 Å². The molecule has 0 saturated carbocycles. The van der Waals surface area contributed by atoms with Crippen LogP contribution in [-0.4, -0.2) is 0 Å². The van der Waals surface area contributed by atoms with Gasteiger partial charge >= 0.3 is 0 Å². The van der Waals surface area contributed by atoms with Crippen molar-refractivity contribution in [1.82, 2.24) is 0 Å². The molecule has 122 valence electrons. The fourth-order valence-electron chi connectivity index (χ4n) is 3.83. The molecule has 5 aromatic carbocycles. The Kier molecular flexibility index (Phi) is 3.36. The standard InChI is InChI=1S/C26H18/c1-2-18-6-8-19(9-7-18)10-11-20-12-13-23-15-14-21-4-3-5-22-16-17-24(20)26(23)25(21)22/h2-17H,1H2. The van der Waals surface area contributed by atoms with Crippen LogP contribution in [0.2, 0.25) is 0 Å². The topological polar surface area (TPSA) is 0 Å². The molecule has 0 spiro atoms. The lowest BCUT2D eigenvalue weighted by atomic mass is 9.92. The summed E-state index contributed by atoms with van der Waals surface area (Å²) in [6.07, 6.45) is 6.27. The monoisotopic (exact) mass is 330 g/mol. The second-order valence-corrected chi connectivity index (χ2v) is 6.71. The van der Waals surface area contributed by atoms with E-state index in [0.29, 0.717) is 0 Å². The van der Waals surface area contributed by atoms with E-state index in [0.717, 1.165) is 5.56 Å². The third-order valence-electron chi connectivity index (χ3n) is 5.19. The molecule has 0 heteroatoms. The normalized spacial score (nSPS) is 11.8. The predicted molar refractivity (Wildman–Crippen MR) is 116 cm³/mol. The Bertz CT molecular complexity index is 1250. The average Bonchev–Trinajstić information content (AvgIpc) is 2.71. The van der Waals surface area contributed by atoms with Crippen LogP contribution < -0.4 is 0 Å². The molecular weight excluding hydrogens is 312 g/mol. The molecule has 5 aromatic rings. The highest BCUT2D eigenvalue weighted by atomic mass is 14.1. The molecule has 5 rings (SSSR count). The van der Waals surface area contributed by atoms with E-state index in [9.17, 15) is 0 Å². The van der Waals surface area contributed by atoms with Gasteiger partial charge in [0, 0.05) is 0 Å². The van der Waals surface area contributed by atoms with Gasteiger partial charge in [-0.15, -0.1) is 0 Å². The van der Waals surface area contributed by atoms with Crippen molar-refractivity contribution < 1.29 is 0 Å². The zero-order chi connectivity index (χ0) is 17.5. The molecule has 0 unspecified atom stereocenters. The molecule has 0 saturated heterocycles. The first-order valence-corrected chi connectivity index (χ1v) is 8.91. The first kappa shape index (κ1) is 14.9. The van der Waals surface area contributed by atoms with Crippen LogP contribution in [-0.2, 0) is 0 Å². The Labute approximate surface area is 153 Å².